The number of hydrogen-bond acceptors (Lipinski definition) is 4. The van der Waals surface area contributed by atoms with Gasteiger partial charge in [-0.25, -0.2) is 0 Å². The number of amides is 1. The van der Waals surface area contributed by atoms with Crippen LogP contribution < -0.4 is 5.32 Å². The first-order valence-corrected chi connectivity index (χ1v) is 17.6. The van der Waals surface area contributed by atoms with Crippen molar-refractivity contribution in [2.24, 2.45) is 0 Å². The molecule has 0 fully saturated rings. The van der Waals surface area contributed by atoms with Gasteiger partial charge in [0.05, 0.1) is 18.8 Å². The molecule has 0 spiro atoms. The van der Waals surface area contributed by atoms with Gasteiger partial charge in [0.2, 0.25) is 5.91 Å². The number of carbonyl (C=O) groups is 1. The van der Waals surface area contributed by atoms with Gasteiger partial charge in [-0.3, -0.25) is 4.79 Å². The van der Waals surface area contributed by atoms with E-state index in [1.807, 2.05) is 0 Å². The molecule has 3 atom stereocenters. The molecule has 242 valence electrons. The van der Waals surface area contributed by atoms with Gasteiger partial charge in [0.15, 0.2) is 0 Å². The molecule has 1 amide bonds. The van der Waals surface area contributed by atoms with E-state index in [9.17, 15) is 20.1 Å². The van der Waals surface area contributed by atoms with Crippen molar-refractivity contribution in [3.63, 3.8) is 0 Å². The third-order valence-electron chi connectivity index (χ3n) is 8.03. The lowest BCUT2D eigenvalue weighted by molar-refractivity contribution is -0.124. The fraction of sp³-hybridized carbons (Fsp3) is 0.861. The molecule has 4 N–H and O–H groups in total. The Labute approximate surface area is 254 Å². The minimum atomic E-state index is -1.16. The van der Waals surface area contributed by atoms with Crippen LogP contribution in [-0.4, -0.2) is 46.1 Å². The molecule has 0 aromatic rings. The van der Waals surface area contributed by atoms with Crippen molar-refractivity contribution < 1.29 is 20.1 Å². The summed E-state index contributed by atoms with van der Waals surface area (Å²) >= 11 is 0. The van der Waals surface area contributed by atoms with E-state index in [2.05, 4.69) is 43.5 Å². The molecule has 0 aromatic carbocycles. The van der Waals surface area contributed by atoms with Crippen LogP contribution in [0, 0.1) is 0 Å². The van der Waals surface area contributed by atoms with Gasteiger partial charge >= 0.3 is 0 Å². The Balaban J connectivity index is 3.76. The van der Waals surface area contributed by atoms with E-state index in [-0.39, 0.29) is 12.5 Å². The third-order valence-corrected chi connectivity index (χ3v) is 8.03. The molecule has 0 heterocycles. The van der Waals surface area contributed by atoms with Gasteiger partial charge in [-0.15, -0.1) is 0 Å². The molecule has 0 bridgehead atoms. The summed E-state index contributed by atoms with van der Waals surface area (Å²) in [7, 11) is 0. The fourth-order valence-electron chi connectivity index (χ4n) is 5.20. The smallest absolute Gasteiger partial charge is 0.220 e. The van der Waals surface area contributed by atoms with Crippen LogP contribution in [0.5, 0.6) is 0 Å². The topological polar surface area (TPSA) is 89.8 Å². The lowest BCUT2D eigenvalue weighted by atomic mass is 10.0. The highest BCUT2D eigenvalue weighted by Gasteiger charge is 2.26. The molecule has 41 heavy (non-hydrogen) atoms. The van der Waals surface area contributed by atoms with Crippen LogP contribution in [0.4, 0.5) is 0 Å². The van der Waals surface area contributed by atoms with Crippen molar-refractivity contribution in [1.29, 1.82) is 0 Å². The zero-order valence-electron chi connectivity index (χ0n) is 27.2. The van der Waals surface area contributed by atoms with Crippen LogP contribution in [0.15, 0.2) is 24.3 Å². The van der Waals surface area contributed by atoms with Crippen LogP contribution in [0.25, 0.3) is 0 Å². The van der Waals surface area contributed by atoms with Gasteiger partial charge in [0.1, 0.15) is 6.10 Å². The van der Waals surface area contributed by atoms with Crippen LogP contribution in [0.1, 0.15) is 174 Å². The van der Waals surface area contributed by atoms with Crippen molar-refractivity contribution in [2.45, 2.75) is 193 Å². The van der Waals surface area contributed by atoms with E-state index < -0.39 is 18.2 Å². The van der Waals surface area contributed by atoms with Gasteiger partial charge in [0, 0.05) is 6.42 Å². The number of aliphatic hydroxyl groups is 3. The number of allylic oxidation sites excluding steroid dienone is 4. The van der Waals surface area contributed by atoms with E-state index in [4.69, 9.17) is 0 Å². The van der Waals surface area contributed by atoms with Crippen molar-refractivity contribution in [3.05, 3.63) is 24.3 Å². The Morgan fingerprint density at radius 2 is 1.00 bits per heavy atom. The van der Waals surface area contributed by atoms with E-state index in [1.54, 1.807) is 0 Å². The first kappa shape index (κ1) is 39.8. The predicted octanol–water partition coefficient (Wildman–Crippen LogP) is 9.09. The molecule has 3 unspecified atom stereocenters. The van der Waals surface area contributed by atoms with Gasteiger partial charge in [-0.2, -0.15) is 0 Å². The van der Waals surface area contributed by atoms with Crippen molar-refractivity contribution >= 4 is 5.91 Å². The summed E-state index contributed by atoms with van der Waals surface area (Å²) in [5, 5.41) is 33.2. The van der Waals surface area contributed by atoms with Crippen LogP contribution in [-0.2, 0) is 4.79 Å². The largest absolute Gasteiger partial charge is 0.394 e. The summed E-state index contributed by atoms with van der Waals surface area (Å²) in [6.07, 6.45) is 35.5. The fourth-order valence-corrected chi connectivity index (χ4v) is 5.20. The number of nitrogens with one attached hydrogen (secondary N) is 1. The highest BCUT2D eigenvalue weighted by Crippen LogP contribution is 2.14. The summed E-state index contributed by atoms with van der Waals surface area (Å²) < 4.78 is 0. The Kier molecular flexibility index (Phi) is 30.9. The molecule has 0 radical (unpaired) electrons. The second-order valence-corrected chi connectivity index (χ2v) is 12.1. The third kappa shape index (κ3) is 27.4. The Hall–Kier alpha value is -1.17. The molecule has 0 saturated carbocycles. The molecule has 5 heteroatoms. The molecule has 0 aliphatic carbocycles. The maximum atomic E-state index is 12.3. The van der Waals surface area contributed by atoms with Crippen molar-refractivity contribution in [1.82, 2.24) is 5.32 Å². The molecule has 0 aliphatic rings. The molecule has 0 saturated heterocycles. The highest BCUT2D eigenvalue weighted by atomic mass is 16.3. The van der Waals surface area contributed by atoms with Gasteiger partial charge in [0.25, 0.3) is 0 Å². The maximum absolute atomic E-state index is 12.3. The maximum Gasteiger partial charge on any atom is 0.220 e. The van der Waals surface area contributed by atoms with Gasteiger partial charge in [-0.1, -0.05) is 134 Å². The summed E-state index contributed by atoms with van der Waals surface area (Å²) in [6, 6.07) is -0.825. The molecule has 0 aromatic heterocycles. The average Bonchev–Trinajstić information content (AvgIpc) is 2.97. The number of carbonyl (C=O) groups excluding carboxylic acids is 1. The van der Waals surface area contributed by atoms with E-state index in [1.165, 1.54) is 103 Å². The predicted molar refractivity (Wildman–Crippen MR) is 176 cm³/mol. The summed E-state index contributed by atoms with van der Waals surface area (Å²) in [5.41, 5.74) is 0. The summed E-state index contributed by atoms with van der Waals surface area (Å²) in [6.45, 7) is 4.10. The quantitative estimate of drug-likeness (QED) is 0.0487. The van der Waals surface area contributed by atoms with Gasteiger partial charge in [-0.05, 0) is 57.8 Å². The molecule has 0 rings (SSSR count). The minimum Gasteiger partial charge on any atom is -0.394 e. The molecule has 0 aliphatic heterocycles. The number of rotatable bonds is 31. The first-order chi connectivity index (χ1) is 20.1. The zero-order valence-corrected chi connectivity index (χ0v) is 27.2. The lowest BCUT2D eigenvalue weighted by Gasteiger charge is -2.26. The highest BCUT2D eigenvalue weighted by molar-refractivity contribution is 5.76. The average molecular weight is 580 g/mol. The molecular weight excluding hydrogens is 510 g/mol. The lowest BCUT2D eigenvalue weighted by Crippen LogP contribution is -2.50. The van der Waals surface area contributed by atoms with Gasteiger partial charge < -0.3 is 20.6 Å². The van der Waals surface area contributed by atoms with Crippen molar-refractivity contribution in [2.75, 3.05) is 6.61 Å². The first-order valence-electron chi connectivity index (χ1n) is 17.6. The van der Waals surface area contributed by atoms with E-state index in [0.717, 1.165) is 44.9 Å². The Bertz CT molecular complexity index is 606. The molecular formula is C36H69NO4. The number of unbranched alkanes of at least 4 members (excludes halogenated alkanes) is 19. The van der Waals surface area contributed by atoms with Crippen LogP contribution in [0.3, 0.4) is 0 Å². The number of aliphatic hydroxyl groups excluding tert-OH is 3. The standard InChI is InChI=1S/C36H69NO4/c1-3-5-7-9-11-13-15-16-17-18-19-21-22-24-26-28-30-34(39)36(41)33(32-38)37-35(40)31-29-27-25-23-20-14-12-10-8-6-4-2/h10,12,22,24,33-34,36,38-39,41H,3-9,11,13-21,23,25-32H2,1-2H3,(H,37,40)/b12-10-,24-22+. The minimum absolute atomic E-state index is 0.167. The second-order valence-electron chi connectivity index (χ2n) is 12.1. The SMILES string of the molecule is CCCC/C=C\CCCCCCCC(=O)NC(CO)C(O)C(O)CCC/C=C/CCCCCCCCCCCCC. The zero-order chi connectivity index (χ0) is 30.2. The summed E-state index contributed by atoms with van der Waals surface area (Å²) in [5.74, 6) is -0.167. The van der Waals surface area contributed by atoms with Crippen LogP contribution in [0.2, 0.25) is 0 Å². The van der Waals surface area contributed by atoms with Crippen molar-refractivity contribution in [3.8, 4) is 0 Å². The monoisotopic (exact) mass is 580 g/mol. The number of hydrogen-bond donors (Lipinski definition) is 4. The summed E-state index contributed by atoms with van der Waals surface area (Å²) in [4.78, 5) is 12.3. The van der Waals surface area contributed by atoms with Crippen LogP contribution >= 0.6 is 0 Å². The Morgan fingerprint density at radius 1 is 0.585 bits per heavy atom. The second kappa shape index (κ2) is 31.8. The molecule has 5 nitrogen and oxygen atoms in total. The Morgan fingerprint density at radius 3 is 1.49 bits per heavy atom. The van der Waals surface area contributed by atoms with E-state index in [0.29, 0.717) is 12.8 Å². The van der Waals surface area contributed by atoms with E-state index >= 15 is 0 Å². The normalized spacial score (nSPS) is 14.2.